The molecule has 4 nitrogen and oxygen atoms in total. The van der Waals surface area contributed by atoms with Gasteiger partial charge in [0.05, 0.1) is 6.54 Å². The lowest BCUT2D eigenvalue weighted by molar-refractivity contribution is 0.859. The summed E-state index contributed by atoms with van der Waals surface area (Å²) < 4.78 is 2.24. The van der Waals surface area contributed by atoms with Gasteiger partial charge in [0.25, 0.3) is 0 Å². The molecular weight excluding hydrogens is 256 g/mol. The Morgan fingerprint density at radius 2 is 2.00 bits per heavy atom. The number of anilines is 1. The van der Waals surface area contributed by atoms with Crippen molar-refractivity contribution in [1.82, 2.24) is 14.8 Å². The van der Waals surface area contributed by atoms with Gasteiger partial charge >= 0.3 is 0 Å². The van der Waals surface area contributed by atoms with Gasteiger partial charge in [-0.2, -0.15) is 0 Å². The molecule has 0 bridgehead atoms. The Balaban J connectivity index is 1.92. The van der Waals surface area contributed by atoms with Gasteiger partial charge in [0.15, 0.2) is 0 Å². The molecule has 0 fully saturated rings. The van der Waals surface area contributed by atoms with E-state index in [9.17, 15) is 0 Å². The Morgan fingerprint density at radius 1 is 1.21 bits per heavy atom. The first-order valence-electron chi connectivity index (χ1n) is 6.23. The summed E-state index contributed by atoms with van der Waals surface area (Å²) in [5.74, 6) is 0. The summed E-state index contributed by atoms with van der Waals surface area (Å²) in [7, 11) is 2.11. The molecule has 19 heavy (non-hydrogen) atoms. The van der Waals surface area contributed by atoms with Crippen molar-refractivity contribution in [2.45, 2.75) is 20.4 Å². The average molecular weight is 272 g/mol. The zero-order chi connectivity index (χ0) is 13.4. The molecule has 0 aliphatic carbocycles. The quantitative estimate of drug-likeness (QED) is 0.796. The number of aryl methyl sites for hydroxylation is 3. The highest BCUT2D eigenvalue weighted by Crippen LogP contribution is 2.25. The van der Waals surface area contributed by atoms with Crippen LogP contribution in [0.3, 0.4) is 0 Å². The smallest absolute Gasteiger partial charge is 0.205 e. The van der Waals surface area contributed by atoms with Crippen molar-refractivity contribution in [3.63, 3.8) is 0 Å². The van der Waals surface area contributed by atoms with Crippen molar-refractivity contribution in [3.8, 4) is 0 Å². The topological polar surface area (TPSA) is 42.7 Å². The second kappa shape index (κ2) is 4.66. The first-order chi connectivity index (χ1) is 9.16. The van der Waals surface area contributed by atoms with Gasteiger partial charge in [-0.15, -0.1) is 10.2 Å². The molecule has 5 heteroatoms. The van der Waals surface area contributed by atoms with Crippen LogP contribution >= 0.6 is 11.3 Å². The van der Waals surface area contributed by atoms with E-state index >= 15 is 0 Å². The van der Waals surface area contributed by atoms with Crippen molar-refractivity contribution >= 4 is 27.4 Å². The fourth-order valence-corrected chi connectivity index (χ4v) is 3.00. The predicted octanol–water partition coefficient (Wildman–Crippen LogP) is 3.26. The summed E-state index contributed by atoms with van der Waals surface area (Å²) >= 11 is 1.58. The van der Waals surface area contributed by atoms with Gasteiger partial charge in [0.1, 0.15) is 5.01 Å². The molecule has 0 aliphatic rings. The monoisotopic (exact) mass is 272 g/mol. The molecule has 0 unspecified atom stereocenters. The maximum atomic E-state index is 4.09. The lowest BCUT2D eigenvalue weighted by Gasteiger charge is -2.06. The molecule has 0 saturated carbocycles. The van der Waals surface area contributed by atoms with Crippen LogP contribution in [-0.4, -0.2) is 14.8 Å². The van der Waals surface area contributed by atoms with E-state index in [0.29, 0.717) is 0 Å². The standard InChI is InChI=1S/C14H16N4S/c1-9-11-6-4-5-7-12(11)18(3)13(9)8-15-14-17-16-10(2)19-14/h4-7H,8H2,1-3H3,(H,15,17). The number of para-hydroxylation sites is 1. The molecule has 1 N–H and O–H groups in total. The van der Waals surface area contributed by atoms with Gasteiger partial charge < -0.3 is 9.88 Å². The largest absolute Gasteiger partial charge is 0.354 e. The lowest BCUT2D eigenvalue weighted by atomic mass is 10.1. The third kappa shape index (κ3) is 2.10. The van der Waals surface area contributed by atoms with Crippen LogP contribution in [-0.2, 0) is 13.6 Å². The molecule has 0 amide bonds. The van der Waals surface area contributed by atoms with E-state index in [2.05, 4.69) is 58.3 Å². The SMILES string of the molecule is Cc1nnc(NCc2c(C)c3ccccc3n2C)s1. The molecular formula is C14H16N4S. The first-order valence-corrected chi connectivity index (χ1v) is 7.05. The first kappa shape index (κ1) is 12.2. The highest BCUT2D eigenvalue weighted by Gasteiger charge is 2.11. The Kier molecular flexibility index (Phi) is 2.98. The summed E-state index contributed by atoms with van der Waals surface area (Å²) in [5.41, 5.74) is 3.88. The second-order valence-corrected chi connectivity index (χ2v) is 5.81. The van der Waals surface area contributed by atoms with Crippen LogP contribution in [0, 0.1) is 13.8 Å². The number of fused-ring (bicyclic) bond motifs is 1. The Bertz CT molecular complexity index is 687. The summed E-state index contributed by atoms with van der Waals surface area (Å²) in [5, 5.41) is 14.6. The van der Waals surface area contributed by atoms with Crippen molar-refractivity contribution in [1.29, 1.82) is 0 Å². The fraction of sp³-hybridized carbons (Fsp3) is 0.286. The number of nitrogens with one attached hydrogen (secondary N) is 1. The van der Waals surface area contributed by atoms with Gasteiger partial charge in [0.2, 0.25) is 5.13 Å². The van der Waals surface area contributed by atoms with Crippen molar-refractivity contribution < 1.29 is 0 Å². The molecule has 0 saturated heterocycles. The third-order valence-corrected chi connectivity index (χ3v) is 4.24. The average Bonchev–Trinajstić information content (AvgIpc) is 2.93. The van der Waals surface area contributed by atoms with Crippen molar-refractivity contribution in [2.75, 3.05) is 5.32 Å². The molecule has 0 radical (unpaired) electrons. The van der Waals surface area contributed by atoms with Crippen LogP contribution in [0.4, 0.5) is 5.13 Å². The molecule has 2 aromatic heterocycles. The molecule has 3 rings (SSSR count). The van der Waals surface area contributed by atoms with Gasteiger partial charge in [-0.1, -0.05) is 29.5 Å². The van der Waals surface area contributed by atoms with Gasteiger partial charge in [-0.25, -0.2) is 0 Å². The predicted molar refractivity (Wildman–Crippen MR) is 79.6 cm³/mol. The van der Waals surface area contributed by atoms with E-state index in [1.54, 1.807) is 11.3 Å². The van der Waals surface area contributed by atoms with Gasteiger partial charge in [0, 0.05) is 23.6 Å². The normalized spacial score (nSPS) is 11.1. The third-order valence-electron chi connectivity index (χ3n) is 3.44. The summed E-state index contributed by atoms with van der Waals surface area (Å²) in [6.07, 6.45) is 0. The van der Waals surface area contributed by atoms with Crippen LogP contribution in [0.2, 0.25) is 0 Å². The fourth-order valence-electron chi connectivity index (χ4n) is 2.41. The Labute approximate surface area is 116 Å². The second-order valence-electron chi connectivity index (χ2n) is 4.63. The minimum atomic E-state index is 0.769. The number of rotatable bonds is 3. The van der Waals surface area contributed by atoms with E-state index in [0.717, 1.165) is 16.7 Å². The van der Waals surface area contributed by atoms with Crippen LogP contribution < -0.4 is 5.32 Å². The summed E-state index contributed by atoms with van der Waals surface area (Å²) in [6.45, 7) is 4.90. The molecule has 2 heterocycles. The Morgan fingerprint density at radius 3 is 2.68 bits per heavy atom. The molecule has 1 aromatic carbocycles. The van der Waals surface area contributed by atoms with E-state index in [1.165, 1.54) is 22.2 Å². The lowest BCUT2D eigenvalue weighted by Crippen LogP contribution is -2.05. The number of hydrogen-bond acceptors (Lipinski definition) is 4. The van der Waals surface area contributed by atoms with E-state index < -0.39 is 0 Å². The molecule has 98 valence electrons. The maximum Gasteiger partial charge on any atom is 0.205 e. The minimum Gasteiger partial charge on any atom is -0.354 e. The molecule has 0 aliphatic heterocycles. The van der Waals surface area contributed by atoms with Crippen LogP contribution in [0.5, 0.6) is 0 Å². The number of hydrogen-bond donors (Lipinski definition) is 1. The Hall–Kier alpha value is -1.88. The van der Waals surface area contributed by atoms with E-state index in [-0.39, 0.29) is 0 Å². The van der Waals surface area contributed by atoms with Gasteiger partial charge in [-0.3, -0.25) is 0 Å². The highest BCUT2D eigenvalue weighted by molar-refractivity contribution is 7.15. The maximum absolute atomic E-state index is 4.09. The van der Waals surface area contributed by atoms with Crippen LogP contribution in [0.25, 0.3) is 10.9 Å². The van der Waals surface area contributed by atoms with Crippen molar-refractivity contribution in [3.05, 3.63) is 40.5 Å². The summed E-state index contributed by atoms with van der Waals surface area (Å²) in [6, 6.07) is 8.48. The van der Waals surface area contributed by atoms with Crippen molar-refractivity contribution in [2.24, 2.45) is 7.05 Å². The zero-order valence-corrected chi connectivity index (χ0v) is 12.1. The van der Waals surface area contributed by atoms with Crippen LogP contribution in [0.15, 0.2) is 24.3 Å². The molecule has 0 atom stereocenters. The minimum absolute atomic E-state index is 0.769. The molecule has 3 aromatic rings. The number of benzene rings is 1. The zero-order valence-electron chi connectivity index (χ0n) is 11.3. The molecule has 0 spiro atoms. The van der Waals surface area contributed by atoms with E-state index in [1.807, 2.05) is 6.92 Å². The van der Waals surface area contributed by atoms with E-state index in [4.69, 9.17) is 0 Å². The highest BCUT2D eigenvalue weighted by atomic mass is 32.1. The summed E-state index contributed by atoms with van der Waals surface area (Å²) in [4.78, 5) is 0. The van der Waals surface area contributed by atoms with Crippen LogP contribution in [0.1, 0.15) is 16.3 Å². The number of nitrogens with zero attached hydrogens (tertiary/aromatic N) is 3. The van der Waals surface area contributed by atoms with Gasteiger partial charge in [-0.05, 0) is 25.5 Å². The number of aromatic nitrogens is 3.